The van der Waals surface area contributed by atoms with Gasteiger partial charge in [0, 0.05) is 24.7 Å². The Morgan fingerprint density at radius 2 is 1.68 bits per heavy atom. The van der Waals surface area contributed by atoms with Crippen LogP contribution in [0.3, 0.4) is 0 Å². The van der Waals surface area contributed by atoms with Crippen LogP contribution in [0.4, 0.5) is 4.39 Å². The highest BCUT2D eigenvalue weighted by atomic mass is 35.5. The molecule has 31 heavy (non-hydrogen) atoms. The van der Waals surface area contributed by atoms with Gasteiger partial charge in [-0.1, -0.05) is 29.3 Å². The van der Waals surface area contributed by atoms with Crippen LogP contribution in [0.5, 0.6) is 0 Å². The number of carbonyl (C=O) groups excluding carboxylic acids is 2. The lowest BCUT2D eigenvalue weighted by Gasteiger charge is -2.12. The van der Waals surface area contributed by atoms with Crippen LogP contribution in [0.15, 0.2) is 35.2 Å². The van der Waals surface area contributed by atoms with Gasteiger partial charge in [-0.15, -0.1) is 0 Å². The number of halogens is 3. The fourth-order valence-electron chi connectivity index (χ4n) is 2.68. The molecule has 3 rings (SSSR count). The summed E-state index contributed by atoms with van der Waals surface area (Å²) in [4.78, 5) is 24.3. The van der Waals surface area contributed by atoms with Gasteiger partial charge < -0.3 is 10.6 Å². The molecule has 1 saturated carbocycles. The van der Waals surface area contributed by atoms with E-state index in [1.165, 1.54) is 18.2 Å². The molecular formula is C20H20Cl2FN3O4S. The number of hydrogen-bond donors (Lipinski definition) is 3. The second kappa shape index (κ2) is 9.52. The molecule has 0 unspecified atom stereocenters. The maximum atomic E-state index is 13.6. The van der Waals surface area contributed by atoms with Gasteiger partial charge in [0.05, 0.1) is 15.6 Å². The van der Waals surface area contributed by atoms with E-state index in [0.29, 0.717) is 5.56 Å². The zero-order valence-corrected chi connectivity index (χ0v) is 18.8. The Labute approximate surface area is 189 Å². The zero-order valence-electron chi connectivity index (χ0n) is 16.5. The topological polar surface area (TPSA) is 104 Å². The molecule has 3 N–H and O–H groups in total. The molecule has 2 amide bonds. The van der Waals surface area contributed by atoms with Gasteiger partial charge in [0.1, 0.15) is 10.7 Å². The van der Waals surface area contributed by atoms with Crippen molar-refractivity contribution < 1.29 is 22.4 Å². The summed E-state index contributed by atoms with van der Waals surface area (Å²) in [7, 11) is -3.88. The van der Waals surface area contributed by atoms with Crippen LogP contribution in [-0.2, 0) is 10.0 Å². The van der Waals surface area contributed by atoms with Gasteiger partial charge in [-0.2, -0.15) is 0 Å². The molecule has 0 atom stereocenters. The summed E-state index contributed by atoms with van der Waals surface area (Å²) in [5.41, 5.74) is 0.528. The van der Waals surface area contributed by atoms with E-state index in [1.54, 1.807) is 6.92 Å². The highest BCUT2D eigenvalue weighted by Crippen LogP contribution is 2.30. The second-order valence-corrected chi connectivity index (χ2v) is 9.63. The Kier molecular flexibility index (Phi) is 7.20. The molecule has 2 aromatic carbocycles. The van der Waals surface area contributed by atoms with Crippen molar-refractivity contribution in [3.63, 3.8) is 0 Å². The predicted octanol–water partition coefficient (Wildman–Crippen LogP) is 3.04. The van der Waals surface area contributed by atoms with Crippen molar-refractivity contribution in [3.8, 4) is 0 Å². The average molecular weight is 488 g/mol. The van der Waals surface area contributed by atoms with E-state index in [4.69, 9.17) is 23.2 Å². The van der Waals surface area contributed by atoms with Gasteiger partial charge >= 0.3 is 0 Å². The van der Waals surface area contributed by atoms with Crippen LogP contribution in [0.1, 0.15) is 39.1 Å². The summed E-state index contributed by atoms with van der Waals surface area (Å²) >= 11 is 12.1. The van der Waals surface area contributed by atoms with Crippen LogP contribution in [0.25, 0.3) is 0 Å². The molecule has 11 heteroatoms. The van der Waals surface area contributed by atoms with Gasteiger partial charge in [-0.3, -0.25) is 9.59 Å². The normalized spacial score (nSPS) is 13.7. The van der Waals surface area contributed by atoms with E-state index in [1.807, 2.05) is 0 Å². The van der Waals surface area contributed by atoms with Gasteiger partial charge in [0.15, 0.2) is 0 Å². The monoisotopic (exact) mass is 487 g/mol. The fraction of sp³-hybridized carbons (Fsp3) is 0.300. The molecule has 2 aromatic rings. The largest absolute Gasteiger partial charge is 0.350 e. The van der Waals surface area contributed by atoms with Crippen LogP contribution < -0.4 is 15.4 Å². The number of carbonyl (C=O) groups is 2. The van der Waals surface area contributed by atoms with Crippen LogP contribution in [0.2, 0.25) is 10.0 Å². The van der Waals surface area contributed by atoms with Gasteiger partial charge in [0.25, 0.3) is 11.8 Å². The van der Waals surface area contributed by atoms with Crippen molar-refractivity contribution >= 4 is 45.0 Å². The zero-order chi connectivity index (χ0) is 22.8. The first kappa shape index (κ1) is 23.5. The Balaban J connectivity index is 1.60. The molecule has 7 nitrogen and oxygen atoms in total. The van der Waals surface area contributed by atoms with Crippen molar-refractivity contribution in [1.29, 1.82) is 0 Å². The van der Waals surface area contributed by atoms with Gasteiger partial charge in [-0.05, 0) is 49.6 Å². The second-order valence-electron chi connectivity index (χ2n) is 7.13. The molecule has 0 radical (unpaired) electrons. The lowest BCUT2D eigenvalue weighted by molar-refractivity contribution is 0.0927. The Morgan fingerprint density at radius 3 is 2.29 bits per heavy atom. The van der Waals surface area contributed by atoms with Crippen LogP contribution >= 0.6 is 23.2 Å². The molecule has 0 aliphatic heterocycles. The summed E-state index contributed by atoms with van der Waals surface area (Å²) < 4.78 is 41.0. The molecule has 0 bridgehead atoms. The molecule has 0 spiro atoms. The van der Waals surface area contributed by atoms with E-state index < -0.39 is 27.7 Å². The third-order valence-electron chi connectivity index (χ3n) is 4.59. The van der Waals surface area contributed by atoms with E-state index in [0.717, 1.165) is 25.0 Å². The first-order chi connectivity index (χ1) is 14.6. The first-order valence-electron chi connectivity index (χ1n) is 9.42. The van der Waals surface area contributed by atoms with Crippen molar-refractivity contribution in [2.45, 2.75) is 30.7 Å². The molecular weight excluding hydrogens is 468 g/mol. The van der Waals surface area contributed by atoms with Crippen molar-refractivity contribution in [2.75, 3.05) is 13.1 Å². The molecule has 0 aromatic heterocycles. The molecule has 1 fully saturated rings. The Bertz CT molecular complexity index is 1140. The van der Waals surface area contributed by atoms with Gasteiger partial charge in [-0.25, -0.2) is 17.5 Å². The molecule has 1 aliphatic carbocycles. The van der Waals surface area contributed by atoms with Crippen LogP contribution in [0, 0.1) is 12.7 Å². The summed E-state index contributed by atoms with van der Waals surface area (Å²) in [6.07, 6.45) is 1.50. The lowest BCUT2D eigenvalue weighted by Crippen LogP contribution is -2.35. The standard InChI is InChI=1S/C20H20Cl2FN3O4S/c1-11-2-3-12(8-17(11)23)19(27)24-6-7-25-20(28)14-9-18(16(22)10-15(14)21)31(29,30)26-13-4-5-13/h2-3,8-10,13,26H,4-7H2,1H3,(H,24,27)(H,25,28). The number of benzene rings is 2. The van der Waals surface area contributed by atoms with Crippen molar-refractivity contribution in [1.82, 2.24) is 15.4 Å². The number of amides is 2. The summed E-state index contributed by atoms with van der Waals surface area (Å²) in [6, 6.07) is 6.33. The molecule has 0 saturated heterocycles. The molecule has 1 aliphatic rings. The number of sulfonamides is 1. The fourth-order valence-corrected chi connectivity index (χ4v) is 4.84. The minimum atomic E-state index is -3.88. The smallest absolute Gasteiger partial charge is 0.252 e. The van der Waals surface area contributed by atoms with E-state index in [2.05, 4.69) is 15.4 Å². The van der Waals surface area contributed by atoms with E-state index >= 15 is 0 Å². The quantitative estimate of drug-likeness (QED) is 0.497. The number of rotatable bonds is 8. The number of hydrogen-bond acceptors (Lipinski definition) is 4. The van der Waals surface area contributed by atoms with Gasteiger partial charge in [0.2, 0.25) is 10.0 Å². The van der Waals surface area contributed by atoms with Crippen LogP contribution in [-0.4, -0.2) is 39.4 Å². The third-order valence-corrected chi connectivity index (χ3v) is 6.88. The maximum Gasteiger partial charge on any atom is 0.252 e. The predicted molar refractivity (Wildman–Crippen MR) is 116 cm³/mol. The minimum absolute atomic E-state index is 0.00737. The maximum absolute atomic E-state index is 13.6. The molecule has 166 valence electrons. The lowest BCUT2D eigenvalue weighted by atomic mass is 10.1. The summed E-state index contributed by atoms with van der Waals surface area (Å²) in [5.74, 6) is -1.60. The minimum Gasteiger partial charge on any atom is -0.350 e. The molecule has 0 heterocycles. The van der Waals surface area contributed by atoms with Crippen molar-refractivity contribution in [3.05, 3.63) is 62.9 Å². The highest BCUT2D eigenvalue weighted by molar-refractivity contribution is 7.89. The Morgan fingerprint density at radius 1 is 1.03 bits per heavy atom. The Hall–Kier alpha value is -2.20. The number of aryl methyl sites for hydroxylation is 1. The van der Waals surface area contributed by atoms with Crippen molar-refractivity contribution in [2.24, 2.45) is 0 Å². The first-order valence-corrected chi connectivity index (χ1v) is 11.7. The summed E-state index contributed by atoms with van der Waals surface area (Å²) in [5, 5.41) is 5.01. The SMILES string of the molecule is Cc1ccc(C(=O)NCCNC(=O)c2cc(S(=O)(=O)NC3CC3)c(Cl)cc2Cl)cc1F. The summed E-state index contributed by atoms with van der Waals surface area (Å²) in [6.45, 7) is 1.70. The average Bonchev–Trinajstić information content (AvgIpc) is 3.50. The highest BCUT2D eigenvalue weighted by Gasteiger charge is 2.30. The number of nitrogens with one attached hydrogen (secondary N) is 3. The third kappa shape index (κ3) is 5.94. The van der Waals surface area contributed by atoms with E-state index in [-0.39, 0.29) is 45.2 Å². The van der Waals surface area contributed by atoms with E-state index in [9.17, 15) is 22.4 Å².